The second kappa shape index (κ2) is 9.15. The second-order valence-corrected chi connectivity index (χ2v) is 6.87. The number of nitrogens with two attached hydrogens (primary N) is 1. The normalized spacial score (nSPS) is 13.2. The molecule has 3 N–H and O–H groups in total. The van der Waals surface area contributed by atoms with Crippen LogP contribution < -0.4 is 5.73 Å². The maximum Gasteiger partial charge on any atom is 0.305 e. The third-order valence-electron chi connectivity index (χ3n) is 4.95. The summed E-state index contributed by atoms with van der Waals surface area (Å²) in [6, 6.07) is 23.5. The minimum Gasteiger partial charge on any atom is -0.481 e. The van der Waals surface area contributed by atoms with Gasteiger partial charge in [-0.1, -0.05) is 66.7 Å². The van der Waals surface area contributed by atoms with Gasteiger partial charge >= 0.3 is 5.97 Å². The molecular formula is C23H25N3O2. The van der Waals surface area contributed by atoms with Gasteiger partial charge in [0.1, 0.15) is 5.82 Å². The maximum atomic E-state index is 11.7. The number of nitrogen functional groups attached to an aromatic ring is 1. The Labute approximate surface area is 165 Å². The minimum atomic E-state index is -0.847. The molecule has 144 valence electrons. The van der Waals surface area contributed by atoms with Crippen molar-refractivity contribution in [2.45, 2.75) is 32.0 Å². The Balaban J connectivity index is 2.02. The molecule has 0 amide bonds. The molecule has 1 aromatic heterocycles. The topological polar surface area (TPSA) is 79.5 Å². The molecule has 0 fully saturated rings. The summed E-state index contributed by atoms with van der Waals surface area (Å²) in [4.78, 5) is 18.1. The fraction of sp³-hybridized carbons (Fsp3) is 0.217. The number of benzene rings is 2. The molecule has 3 rings (SSSR count). The van der Waals surface area contributed by atoms with Crippen LogP contribution >= 0.6 is 0 Å². The lowest BCUT2D eigenvalue weighted by Gasteiger charge is -2.36. The zero-order valence-electron chi connectivity index (χ0n) is 15.9. The molecule has 5 nitrogen and oxygen atoms in total. The number of anilines is 1. The van der Waals surface area contributed by atoms with E-state index in [1.807, 2.05) is 42.5 Å². The van der Waals surface area contributed by atoms with Gasteiger partial charge in [-0.25, -0.2) is 4.98 Å². The third kappa shape index (κ3) is 4.96. The predicted octanol–water partition coefficient (Wildman–Crippen LogP) is 4.44. The summed E-state index contributed by atoms with van der Waals surface area (Å²) in [5.41, 5.74) is 8.85. The molecule has 0 saturated heterocycles. The lowest BCUT2D eigenvalue weighted by Crippen LogP contribution is -2.33. The van der Waals surface area contributed by atoms with Crippen molar-refractivity contribution in [3.63, 3.8) is 0 Å². The van der Waals surface area contributed by atoms with Gasteiger partial charge in [0.2, 0.25) is 0 Å². The fourth-order valence-corrected chi connectivity index (χ4v) is 3.44. The van der Waals surface area contributed by atoms with Crippen molar-refractivity contribution in [3.8, 4) is 0 Å². The highest BCUT2D eigenvalue weighted by Gasteiger charge is 2.28. The molecule has 0 aliphatic heterocycles. The standard InChI is InChI=1S/C23H25N3O2/c1-17(19-10-6-3-7-11-19)26(16-18-8-4-2-5-9-18)21(14-23(27)28)20-12-13-22(24)25-15-20/h2-13,15,17,21H,14,16H2,1H3,(H2,24,25)(H,27,28). The van der Waals surface area contributed by atoms with Gasteiger partial charge in [0.05, 0.1) is 6.42 Å². The average molecular weight is 375 g/mol. The van der Waals surface area contributed by atoms with Gasteiger partial charge in [0.15, 0.2) is 0 Å². The van der Waals surface area contributed by atoms with Crippen molar-refractivity contribution < 1.29 is 9.90 Å². The fourth-order valence-electron chi connectivity index (χ4n) is 3.44. The number of rotatable bonds is 8. The molecule has 5 heteroatoms. The molecule has 2 atom stereocenters. The highest BCUT2D eigenvalue weighted by molar-refractivity contribution is 5.68. The quantitative estimate of drug-likeness (QED) is 0.608. The molecule has 0 saturated carbocycles. The van der Waals surface area contributed by atoms with Gasteiger partial charge in [0.25, 0.3) is 0 Å². The summed E-state index contributed by atoms with van der Waals surface area (Å²) < 4.78 is 0. The number of hydrogen-bond donors (Lipinski definition) is 2. The van der Waals surface area contributed by atoms with Gasteiger partial charge in [-0.2, -0.15) is 0 Å². The highest BCUT2D eigenvalue weighted by Crippen LogP contribution is 2.34. The molecule has 0 bridgehead atoms. The van der Waals surface area contributed by atoms with Crippen LogP contribution in [0.2, 0.25) is 0 Å². The van der Waals surface area contributed by atoms with E-state index in [0.717, 1.165) is 16.7 Å². The Hall–Kier alpha value is -3.18. The summed E-state index contributed by atoms with van der Waals surface area (Å²) in [5, 5.41) is 9.60. The number of aromatic nitrogens is 1. The van der Waals surface area contributed by atoms with Crippen LogP contribution in [0, 0.1) is 0 Å². The summed E-state index contributed by atoms with van der Waals surface area (Å²) in [5.74, 6) is -0.427. The van der Waals surface area contributed by atoms with Crippen LogP contribution in [0.4, 0.5) is 5.82 Å². The Bertz CT molecular complexity index is 883. The van der Waals surface area contributed by atoms with Gasteiger partial charge < -0.3 is 10.8 Å². The lowest BCUT2D eigenvalue weighted by atomic mass is 9.97. The molecular weight excluding hydrogens is 350 g/mol. The largest absolute Gasteiger partial charge is 0.481 e. The van der Waals surface area contributed by atoms with Crippen LogP contribution in [-0.2, 0) is 11.3 Å². The van der Waals surface area contributed by atoms with Gasteiger partial charge in [-0.15, -0.1) is 0 Å². The van der Waals surface area contributed by atoms with Gasteiger partial charge in [-0.3, -0.25) is 9.69 Å². The van der Waals surface area contributed by atoms with Crippen molar-refractivity contribution in [1.29, 1.82) is 0 Å². The molecule has 0 radical (unpaired) electrons. The van der Waals surface area contributed by atoms with Crippen molar-refractivity contribution in [3.05, 3.63) is 95.7 Å². The monoisotopic (exact) mass is 375 g/mol. The van der Waals surface area contributed by atoms with Crippen molar-refractivity contribution >= 4 is 11.8 Å². The van der Waals surface area contributed by atoms with E-state index in [1.54, 1.807) is 12.3 Å². The Morgan fingerprint density at radius 1 is 1.00 bits per heavy atom. The highest BCUT2D eigenvalue weighted by atomic mass is 16.4. The number of carboxylic acid groups (broad SMARTS) is 1. The van der Waals surface area contributed by atoms with Crippen molar-refractivity contribution in [2.24, 2.45) is 0 Å². The molecule has 1 heterocycles. The van der Waals surface area contributed by atoms with Crippen LogP contribution in [-0.4, -0.2) is 21.0 Å². The van der Waals surface area contributed by atoms with Crippen LogP contribution in [0.5, 0.6) is 0 Å². The average Bonchev–Trinajstić information content (AvgIpc) is 2.72. The van der Waals surface area contributed by atoms with E-state index in [0.29, 0.717) is 12.4 Å². The molecule has 2 aromatic carbocycles. The van der Waals surface area contributed by atoms with Crippen LogP contribution in [0.25, 0.3) is 0 Å². The molecule has 0 spiro atoms. The number of pyridine rings is 1. The first-order valence-electron chi connectivity index (χ1n) is 9.32. The zero-order valence-corrected chi connectivity index (χ0v) is 15.9. The maximum absolute atomic E-state index is 11.7. The van der Waals surface area contributed by atoms with Crippen LogP contribution in [0.3, 0.4) is 0 Å². The van der Waals surface area contributed by atoms with E-state index in [1.165, 1.54) is 0 Å². The smallest absolute Gasteiger partial charge is 0.305 e. The van der Waals surface area contributed by atoms with E-state index >= 15 is 0 Å². The van der Waals surface area contributed by atoms with Gasteiger partial charge in [-0.05, 0) is 29.7 Å². The van der Waals surface area contributed by atoms with E-state index in [2.05, 4.69) is 41.1 Å². The number of carboxylic acids is 1. The van der Waals surface area contributed by atoms with E-state index in [9.17, 15) is 9.90 Å². The van der Waals surface area contributed by atoms with Gasteiger partial charge in [0, 0.05) is 24.8 Å². The lowest BCUT2D eigenvalue weighted by molar-refractivity contribution is -0.138. The molecule has 28 heavy (non-hydrogen) atoms. The minimum absolute atomic E-state index is 0.0170. The molecule has 3 aromatic rings. The summed E-state index contributed by atoms with van der Waals surface area (Å²) in [7, 11) is 0. The first-order chi connectivity index (χ1) is 13.5. The summed E-state index contributed by atoms with van der Waals surface area (Å²) >= 11 is 0. The third-order valence-corrected chi connectivity index (χ3v) is 4.95. The Morgan fingerprint density at radius 3 is 2.21 bits per heavy atom. The number of hydrogen-bond acceptors (Lipinski definition) is 4. The Morgan fingerprint density at radius 2 is 1.64 bits per heavy atom. The second-order valence-electron chi connectivity index (χ2n) is 6.87. The number of nitrogens with zero attached hydrogens (tertiary/aromatic N) is 2. The summed E-state index contributed by atoms with van der Waals surface area (Å²) in [6.45, 7) is 2.73. The van der Waals surface area contributed by atoms with Crippen LogP contribution in [0.15, 0.2) is 79.0 Å². The zero-order chi connectivity index (χ0) is 19.9. The number of aliphatic carboxylic acids is 1. The molecule has 0 aliphatic rings. The predicted molar refractivity (Wildman–Crippen MR) is 110 cm³/mol. The molecule has 0 aliphatic carbocycles. The summed E-state index contributed by atoms with van der Waals surface area (Å²) in [6.07, 6.45) is 1.66. The van der Waals surface area contributed by atoms with Crippen molar-refractivity contribution in [1.82, 2.24) is 9.88 Å². The SMILES string of the molecule is CC(c1ccccc1)N(Cc1ccccc1)C(CC(=O)O)c1ccc(N)nc1. The number of carbonyl (C=O) groups is 1. The molecule has 2 unspecified atom stereocenters. The first-order valence-corrected chi connectivity index (χ1v) is 9.32. The Kier molecular flexibility index (Phi) is 6.40. The van der Waals surface area contributed by atoms with E-state index in [-0.39, 0.29) is 18.5 Å². The first kappa shape index (κ1) is 19.6. The van der Waals surface area contributed by atoms with E-state index < -0.39 is 5.97 Å². The van der Waals surface area contributed by atoms with Crippen LogP contribution in [0.1, 0.15) is 42.1 Å². The van der Waals surface area contributed by atoms with E-state index in [4.69, 9.17) is 5.73 Å². The van der Waals surface area contributed by atoms with Crippen molar-refractivity contribution in [2.75, 3.05) is 5.73 Å².